The molecule has 0 atom stereocenters. The molecule has 0 unspecified atom stereocenters. The van der Waals surface area contributed by atoms with Crippen LogP contribution in [0.2, 0.25) is 0 Å². The number of aromatic amines is 1. The van der Waals surface area contributed by atoms with Crippen LogP contribution in [0.4, 0.5) is 5.69 Å². The van der Waals surface area contributed by atoms with Gasteiger partial charge in [0, 0.05) is 30.7 Å². The van der Waals surface area contributed by atoms with Gasteiger partial charge in [0.1, 0.15) is 0 Å². The van der Waals surface area contributed by atoms with E-state index in [-0.39, 0.29) is 12.1 Å². The fraction of sp³-hybridized carbons (Fsp3) is 0.105. The molecule has 0 aliphatic heterocycles. The van der Waals surface area contributed by atoms with E-state index in [9.17, 15) is 14.4 Å². The van der Waals surface area contributed by atoms with Crippen LogP contribution >= 0.6 is 0 Å². The number of H-pyrrole nitrogens is 1. The highest BCUT2D eigenvalue weighted by Gasteiger charge is 2.13. The van der Waals surface area contributed by atoms with Gasteiger partial charge in [-0.05, 0) is 43.3 Å². The number of anilines is 1. The first kappa shape index (κ1) is 17.4. The molecule has 0 spiro atoms. The van der Waals surface area contributed by atoms with E-state index in [1.807, 2.05) is 0 Å². The van der Waals surface area contributed by atoms with Crippen molar-refractivity contribution in [2.75, 3.05) is 5.32 Å². The Balaban J connectivity index is 1.71. The molecule has 140 valence electrons. The summed E-state index contributed by atoms with van der Waals surface area (Å²) in [5, 5.41) is 7.27. The van der Waals surface area contributed by atoms with Crippen LogP contribution in [0.5, 0.6) is 0 Å². The minimum Gasteiger partial charge on any atom is -0.319 e. The molecule has 0 aliphatic carbocycles. The second-order valence-electron chi connectivity index (χ2n) is 6.02. The van der Waals surface area contributed by atoms with E-state index < -0.39 is 11.6 Å². The van der Waals surface area contributed by atoms with Crippen molar-refractivity contribution < 1.29 is 4.79 Å². The maximum absolute atomic E-state index is 12.7. The largest absolute Gasteiger partial charge is 0.328 e. The van der Waals surface area contributed by atoms with Gasteiger partial charge in [0.05, 0.1) is 16.6 Å². The highest BCUT2D eigenvalue weighted by Crippen LogP contribution is 2.18. The first-order valence-corrected chi connectivity index (χ1v) is 8.61. The second-order valence-corrected chi connectivity index (χ2v) is 6.02. The molecular weight excluding hydrogens is 360 g/mol. The Morgan fingerprint density at radius 1 is 1.18 bits per heavy atom. The molecule has 0 aliphatic rings. The van der Waals surface area contributed by atoms with Crippen LogP contribution in [0.1, 0.15) is 17.3 Å². The van der Waals surface area contributed by atoms with E-state index in [1.165, 1.54) is 12.1 Å². The molecular formula is C19H16N6O3. The number of rotatable bonds is 4. The van der Waals surface area contributed by atoms with E-state index in [1.54, 1.807) is 54.5 Å². The minimum absolute atomic E-state index is 0.267. The van der Waals surface area contributed by atoms with Gasteiger partial charge in [0.15, 0.2) is 5.82 Å². The average Bonchev–Trinajstić information content (AvgIpc) is 3.23. The van der Waals surface area contributed by atoms with Crippen LogP contribution in [-0.4, -0.2) is 30.2 Å². The van der Waals surface area contributed by atoms with Crippen LogP contribution < -0.4 is 16.6 Å². The average molecular weight is 376 g/mol. The topological polar surface area (TPSA) is 115 Å². The minimum atomic E-state index is -0.509. The van der Waals surface area contributed by atoms with Gasteiger partial charge in [-0.15, -0.1) is 0 Å². The molecule has 3 heterocycles. The van der Waals surface area contributed by atoms with Crippen LogP contribution in [0.25, 0.3) is 16.7 Å². The summed E-state index contributed by atoms with van der Waals surface area (Å²) in [6.45, 7) is 1.99. The Morgan fingerprint density at radius 3 is 2.79 bits per heavy atom. The van der Waals surface area contributed by atoms with Gasteiger partial charge in [-0.25, -0.2) is 14.5 Å². The van der Waals surface area contributed by atoms with Gasteiger partial charge in [-0.1, -0.05) is 0 Å². The smallest absolute Gasteiger partial charge is 0.319 e. The Bertz CT molecular complexity index is 1290. The number of carbonyl (C=O) groups excluding carboxylic acids is 1. The molecule has 9 nitrogen and oxygen atoms in total. The summed E-state index contributed by atoms with van der Waals surface area (Å²) < 4.78 is 2.65. The zero-order valence-electron chi connectivity index (χ0n) is 14.9. The van der Waals surface area contributed by atoms with Crippen molar-refractivity contribution >= 4 is 22.5 Å². The molecule has 0 bridgehead atoms. The lowest BCUT2D eigenvalue weighted by molar-refractivity contribution is 0.102. The number of hydrogen-bond acceptors (Lipinski definition) is 5. The lowest BCUT2D eigenvalue weighted by atomic mass is 10.1. The molecule has 2 N–H and O–H groups in total. The lowest BCUT2D eigenvalue weighted by Crippen LogP contribution is -2.34. The molecule has 0 fully saturated rings. The third-order valence-electron chi connectivity index (χ3n) is 4.32. The monoisotopic (exact) mass is 376 g/mol. The second kappa shape index (κ2) is 6.95. The molecule has 4 rings (SSSR count). The molecule has 1 aromatic carbocycles. The fourth-order valence-corrected chi connectivity index (χ4v) is 2.95. The molecule has 0 saturated heterocycles. The molecule has 0 saturated carbocycles. The third kappa shape index (κ3) is 2.98. The Morgan fingerprint density at radius 2 is 2.04 bits per heavy atom. The van der Waals surface area contributed by atoms with Crippen molar-refractivity contribution in [2.24, 2.45) is 0 Å². The van der Waals surface area contributed by atoms with Gasteiger partial charge in [0.2, 0.25) is 0 Å². The van der Waals surface area contributed by atoms with E-state index in [2.05, 4.69) is 20.4 Å². The standard InChI is InChI=1S/C19H16N6O3/c1-2-24-18(27)13-7-6-12(11-15(13)23-19(24)28)17(26)22-14-5-3-8-20-16(14)25-10-4-9-21-25/h3-11H,2H2,1H3,(H,22,26)(H,23,28). The molecule has 3 aromatic heterocycles. The summed E-state index contributed by atoms with van der Waals surface area (Å²) in [7, 11) is 0. The number of fused-ring (bicyclic) bond motifs is 1. The number of pyridine rings is 1. The number of carbonyl (C=O) groups is 1. The summed E-state index contributed by atoms with van der Waals surface area (Å²) in [5.74, 6) is 0.0738. The molecule has 4 aromatic rings. The molecule has 1 amide bonds. The Labute approximate surface area is 158 Å². The SMILES string of the molecule is CCn1c(=O)[nH]c2cc(C(=O)Nc3cccnc3-n3cccn3)ccc2c1=O. The van der Waals surface area contributed by atoms with Crippen LogP contribution in [0.15, 0.2) is 64.6 Å². The van der Waals surface area contributed by atoms with E-state index >= 15 is 0 Å². The fourth-order valence-electron chi connectivity index (χ4n) is 2.95. The van der Waals surface area contributed by atoms with Crippen LogP contribution in [0, 0.1) is 0 Å². The lowest BCUT2D eigenvalue weighted by Gasteiger charge is -2.10. The van der Waals surface area contributed by atoms with E-state index in [4.69, 9.17) is 0 Å². The van der Waals surface area contributed by atoms with Crippen molar-refractivity contribution in [3.63, 3.8) is 0 Å². The van der Waals surface area contributed by atoms with Crippen molar-refractivity contribution in [3.8, 4) is 5.82 Å². The maximum atomic E-state index is 12.7. The predicted octanol–water partition coefficient (Wildman–Crippen LogP) is 1.54. The maximum Gasteiger partial charge on any atom is 0.328 e. The highest BCUT2D eigenvalue weighted by atomic mass is 16.2. The van der Waals surface area contributed by atoms with Gasteiger partial charge < -0.3 is 10.3 Å². The van der Waals surface area contributed by atoms with Crippen molar-refractivity contribution in [2.45, 2.75) is 13.5 Å². The molecule has 28 heavy (non-hydrogen) atoms. The van der Waals surface area contributed by atoms with E-state index in [0.717, 1.165) is 4.57 Å². The first-order valence-electron chi connectivity index (χ1n) is 8.61. The Hall–Kier alpha value is -4.01. The summed E-state index contributed by atoms with van der Waals surface area (Å²) in [6, 6.07) is 9.73. The number of nitrogens with one attached hydrogen (secondary N) is 2. The van der Waals surface area contributed by atoms with Crippen molar-refractivity contribution in [1.29, 1.82) is 0 Å². The molecule has 0 radical (unpaired) electrons. The predicted molar refractivity (Wildman–Crippen MR) is 104 cm³/mol. The summed E-state index contributed by atoms with van der Waals surface area (Å²) in [6.07, 6.45) is 4.94. The van der Waals surface area contributed by atoms with Crippen LogP contribution in [-0.2, 0) is 6.54 Å². The number of hydrogen-bond donors (Lipinski definition) is 2. The number of nitrogens with zero attached hydrogens (tertiary/aromatic N) is 4. The van der Waals surface area contributed by atoms with Crippen molar-refractivity contribution in [3.05, 3.63) is 81.4 Å². The highest BCUT2D eigenvalue weighted by molar-refractivity contribution is 6.06. The quantitative estimate of drug-likeness (QED) is 0.561. The van der Waals surface area contributed by atoms with Gasteiger partial charge in [0.25, 0.3) is 11.5 Å². The summed E-state index contributed by atoms with van der Waals surface area (Å²) >= 11 is 0. The number of amides is 1. The first-order chi connectivity index (χ1) is 13.6. The number of aromatic nitrogens is 5. The van der Waals surface area contributed by atoms with Crippen LogP contribution in [0.3, 0.4) is 0 Å². The van der Waals surface area contributed by atoms with Gasteiger partial charge in [-0.2, -0.15) is 5.10 Å². The zero-order chi connectivity index (χ0) is 19.7. The van der Waals surface area contributed by atoms with Gasteiger partial charge in [-0.3, -0.25) is 14.2 Å². The van der Waals surface area contributed by atoms with Gasteiger partial charge >= 0.3 is 5.69 Å². The summed E-state index contributed by atoms with van der Waals surface area (Å²) in [4.78, 5) is 44.0. The Kier molecular flexibility index (Phi) is 4.32. The number of benzene rings is 1. The summed E-state index contributed by atoms with van der Waals surface area (Å²) in [5.41, 5.74) is 0.191. The molecule has 9 heteroatoms. The van der Waals surface area contributed by atoms with E-state index in [0.29, 0.717) is 28.0 Å². The normalized spacial score (nSPS) is 10.9. The third-order valence-corrected chi connectivity index (χ3v) is 4.32. The van der Waals surface area contributed by atoms with Crippen molar-refractivity contribution in [1.82, 2.24) is 24.3 Å². The zero-order valence-corrected chi connectivity index (χ0v) is 14.9.